The molecule has 0 aliphatic heterocycles. The molecule has 0 aliphatic carbocycles. The van der Waals surface area contributed by atoms with Gasteiger partial charge in [-0.25, -0.2) is 0 Å². The maximum atomic E-state index is 6.07. The molecule has 0 fully saturated rings. The molecular weight excluding hydrogens is 266 g/mol. The number of hydrogen-bond acceptors (Lipinski definition) is 1. The van der Waals surface area contributed by atoms with Crippen molar-refractivity contribution in [3.63, 3.8) is 0 Å². The van der Waals surface area contributed by atoms with Crippen molar-refractivity contribution < 1.29 is 0 Å². The summed E-state index contributed by atoms with van der Waals surface area (Å²) < 4.78 is 0. The maximum Gasteiger partial charge on any atom is 0.0706 e. The zero-order valence-electron chi connectivity index (χ0n) is 12.3. The number of unbranched alkanes of at least 4 members (excludes halogenated alkanes) is 1. The number of rotatable bonds is 6. The van der Waals surface area contributed by atoms with Gasteiger partial charge in [-0.2, -0.15) is 0 Å². The minimum Gasteiger partial charge on any atom is -0.253 e. The first-order valence-corrected chi connectivity index (χ1v) is 7.87. The van der Waals surface area contributed by atoms with Crippen molar-refractivity contribution in [1.82, 2.24) is 4.98 Å². The summed E-state index contributed by atoms with van der Waals surface area (Å²) in [6, 6.07) is 12.3. The Labute approximate surface area is 127 Å². The molecule has 0 bridgehead atoms. The number of benzene rings is 1. The molecule has 106 valence electrons. The summed E-state index contributed by atoms with van der Waals surface area (Å²) in [5.74, 6) is 0. The molecule has 2 heteroatoms. The van der Waals surface area contributed by atoms with Crippen molar-refractivity contribution >= 4 is 11.6 Å². The first-order chi connectivity index (χ1) is 9.74. The van der Waals surface area contributed by atoms with Gasteiger partial charge in [-0.3, -0.25) is 4.98 Å². The van der Waals surface area contributed by atoms with Gasteiger partial charge in [0.25, 0.3) is 0 Å². The smallest absolute Gasteiger partial charge is 0.0706 e. The maximum absolute atomic E-state index is 6.07. The van der Waals surface area contributed by atoms with Gasteiger partial charge in [0.2, 0.25) is 0 Å². The first kappa shape index (κ1) is 15.1. The van der Waals surface area contributed by atoms with Crippen molar-refractivity contribution in [3.05, 3.63) is 52.7 Å². The number of nitrogens with zero attached hydrogens (tertiary/aromatic N) is 1. The Kier molecular flexibility index (Phi) is 5.60. The monoisotopic (exact) mass is 287 g/mol. The molecule has 0 saturated carbocycles. The van der Waals surface area contributed by atoms with Gasteiger partial charge in [-0.15, -0.1) is 0 Å². The van der Waals surface area contributed by atoms with Gasteiger partial charge in [0.05, 0.1) is 5.69 Å². The molecule has 1 aromatic carbocycles. The third-order valence-corrected chi connectivity index (χ3v) is 3.71. The second kappa shape index (κ2) is 7.44. The molecule has 1 heterocycles. The minimum absolute atomic E-state index is 0.761. The van der Waals surface area contributed by atoms with Gasteiger partial charge >= 0.3 is 0 Å². The van der Waals surface area contributed by atoms with Crippen LogP contribution >= 0.6 is 11.6 Å². The Morgan fingerprint density at radius 2 is 1.85 bits per heavy atom. The van der Waals surface area contributed by atoms with Gasteiger partial charge in [0, 0.05) is 16.3 Å². The predicted molar refractivity (Wildman–Crippen MR) is 87.3 cm³/mol. The second-order valence-corrected chi connectivity index (χ2v) is 5.60. The van der Waals surface area contributed by atoms with Crippen LogP contribution in [0.2, 0.25) is 5.02 Å². The van der Waals surface area contributed by atoms with Crippen molar-refractivity contribution in [2.45, 2.75) is 46.0 Å². The Morgan fingerprint density at radius 3 is 2.55 bits per heavy atom. The molecule has 20 heavy (non-hydrogen) atoms. The van der Waals surface area contributed by atoms with Gasteiger partial charge < -0.3 is 0 Å². The fraction of sp³-hybridized carbons (Fsp3) is 0.389. The van der Waals surface area contributed by atoms with Crippen molar-refractivity contribution in [2.75, 3.05) is 0 Å². The lowest BCUT2D eigenvalue weighted by molar-refractivity contribution is 0.760. The van der Waals surface area contributed by atoms with E-state index in [4.69, 9.17) is 16.6 Å². The van der Waals surface area contributed by atoms with E-state index in [1.54, 1.807) is 0 Å². The van der Waals surface area contributed by atoms with Gasteiger partial charge in [-0.1, -0.05) is 56.5 Å². The lowest BCUT2D eigenvalue weighted by Gasteiger charge is -2.10. The lowest BCUT2D eigenvalue weighted by atomic mass is 10.0. The number of aromatic nitrogens is 1. The highest BCUT2D eigenvalue weighted by molar-refractivity contribution is 6.30. The Morgan fingerprint density at radius 1 is 1.00 bits per heavy atom. The van der Waals surface area contributed by atoms with E-state index in [0.717, 1.165) is 35.5 Å². The van der Waals surface area contributed by atoms with E-state index < -0.39 is 0 Å². The van der Waals surface area contributed by atoms with E-state index in [1.807, 2.05) is 18.2 Å². The molecule has 1 aromatic heterocycles. The van der Waals surface area contributed by atoms with E-state index in [2.05, 4.69) is 32.0 Å². The quantitative estimate of drug-likeness (QED) is 0.664. The highest BCUT2D eigenvalue weighted by Gasteiger charge is 2.07. The zero-order chi connectivity index (χ0) is 14.4. The Bertz CT molecular complexity index is 563. The Hall–Kier alpha value is -1.34. The van der Waals surface area contributed by atoms with Crippen LogP contribution in [-0.2, 0) is 12.8 Å². The third kappa shape index (κ3) is 3.83. The molecule has 0 N–H and O–H groups in total. The summed E-state index contributed by atoms with van der Waals surface area (Å²) in [7, 11) is 0. The molecule has 2 aromatic rings. The SMILES string of the molecule is CCCCc1nc(-c2cccc(Cl)c2)ccc1CCC. The van der Waals surface area contributed by atoms with E-state index >= 15 is 0 Å². The third-order valence-electron chi connectivity index (χ3n) is 3.48. The Balaban J connectivity index is 2.35. The first-order valence-electron chi connectivity index (χ1n) is 7.49. The van der Waals surface area contributed by atoms with Gasteiger partial charge in [0.1, 0.15) is 0 Å². The van der Waals surface area contributed by atoms with Crippen molar-refractivity contribution in [2.24, 2.45) is 0 Å². The summed E-state index contributed by atoms with van der Waals surface area (Å²) in [6.07, 6.45) is 5.75. The largest absolute Gasteiger partial charge is 0.253 e. The van der Waals surface area contributed by atoms with Crippen LogP contribution in [-0.4, -0.2) is 4.98 Å². The number of hydrogen-bond donors (Lipinski definition) is 0. The molecule has 0 radical (unpaired) electrons. The van der Waals surface area contributed by atoms with E-state index in [1.165, 1.54) is 24.1 Å². The average molecular weight is 288 g/mol. The van der Waals surface area contributed by atoms with E-state index in [9.17, 15) is 0 Å². The molecule has 2 rings (SSSR count). The van der Waals surface area contributed by atoms with Gasteiger partial charge in [-0.05, 0) is 43.0 Å². The van der Waals surface area contributed by atoms with Crippen LogP contribution in [0.1, 0.15) is 44.4 Å². The zero-order valence-corrected chi connectivity index (χ0v) is 13.1. The standard InChI is InChI=1S/C18H22ClN/c1-3-5-10-17-14(7-4-2)11-12-18(20-17)15-8-6-9-16(19)13-15/h6,8-9,11-13H,3-5,7,10H2,1-2H3. The lowest BCUT2D eigenvalue weighted by Crippen LogP contribution is -2.00. The molecule has 0 saturated heterocycles. The second-order valence-electron chi connectivity index (χ2n) is 5.17. The molecule has 0 aliphatic rings. The van der Waals surface area contributed by atoms with Crippen LogP contribution < -0.4 is 0 Å². The topological polar surface area (TPSA) is 12.9 Å². The van der Waals surface area contributed by atoms with Crippen LogP contribution in [0.15, 0.2) is 36.4 Å². The predicted octanol–water partition coefficient (Wildman–Crippen LogP) is 5.70. The number of aryl methyl sites for hydroxylation is 2. The summed E-state index contributed by atoms with van der Waals surface area (Å²) in [5, 5.41) is 0.761. The summed E-state index contributed by atoms with van der Waals surface area (Å²) >= 11 is 6.07. The molecule has 0 amide bonds. The summed E-state index contributed by atoms with van der Waals surface area (Å²) in [5.41, 5.74) is 4.77. The highest BCUT2D eigenvalue weighted by atomic mass is 35.5. The minimum atomic E-state index is 0.761. The van der Waals surface area contributed by atoms with Gasteiger partial charge in [0.15, 0.2) is 0 Å². The van der Waals surface area contributed by atoms with Crippen molar-refractivity contribution in [1.29, 1.82) is 0 Å². The highest BCUT2D eigenvalue weighted by Crippen LogP contribution is 2.23. The summed E-state index contributed by atoms with van der Waals surface area (Å²) in [4.78, 5) is 4.88. The van der Waals surface area contributed by atoms with Crippen LogP contribution in [0.25, 0.3) is 11.3 Å². The van der Waals surface area contributed by atoms with E-state index in [0.29, 0.717) is 0 Å². The fourth-order valence-electron chi connectivity index (χ4n) is 2.40. The molecule has 1 nitrogen and oxygen atoms in total. The van der Waals surface area contributed by atoms with Crippen LogP contribution in [0.5, 0.6) is 0 Å². The summed E-state index contributed by atoms with van der Waals surface area (Å²) in [6.45, 7) is 4.44. The average Bonchev–Trinajstić information content (AvgIpc) is 2.46. The number of pyridine rings is 1. The fourth-order valence-corrected chi connectivity index (χ4v) is 2.59. The normalized spacial score (nSPS) is 10.8. The van der Waals surface area contributed by atoms with Crippen LogP contribution in [0.3, 0.4) is 0 Å². The van der Waals surface area contributed by atoms with Crippen LogP contribution in [0, 0.1) is 0 Å². The van der Waals surface area contributed by atoms with E-state index in [-0.39, 0.29) is 0 Å². The molecule has 0 spiro atoms. The number of halogens is 1. The molecule has 0 atom stereocenters. The molecular formula is C18H22ClN. The van der Waals surface area contributed by atoms with Crippen molar-refractivity contribution in [3.8, 4) is 11.3 Å². The van der Waals surface area contributed by atoms with Crippen LogP contribution in [0.4, 0.5) is 0 Å². The molecule has 0 unspecified atom stereocenters.